The van der Waals surface area contributed by atoms with Gasteiger partial charge in [-0.3, -0.25) is 9.59 Å². The SMILES string of the molecule is CC(=O)[C@@H](Cc1ccccc1)NC(=O)COC(=O)c1ccc2c(c1)CCCC2. The number of benzene rings is 2. The molecule has 1 amide bonds. The van der Waals surface area contributed by atoms with E-state index in [1.54, 1.807) is 6.07 Å². The van der Waals surface area contributed by atoms with E-state index in [9.17, 15) is 14.4 Å². The first kappa shape index (κ1) is 19.8. The van der Waals surface area contributed by atoms with Crippen LogP contribution in [-0.2, 0) is 33.6 Å². The molecule has 0 bridgehead atoms. The van der Waals surface area contributed by atoms with Crippen LogP contribution < -0.4 is 5.32 Å². The molecule has 5 nitrogen and oxygen atoms in total. The van der Waals surface area contributed by atoms with Crippen molar-refractivity contribution in [1.82, 2.24) is 5.32 Å². The Hall–Kier alpha value is -2.95. The number of aryl methyl sites for hydroxylation is 2. The third-order valence-electron chi connectivity index (χ3n) is 5.03. The van der Waals surface area contributed by atoms with Crippen LogP contribution in [-0.4, -0.2) is 30.3 Å². The van der Waals surface area contributed by atoms with E-state index in [1.807, 2.05) is 42.5 Å². The van der Waals surface area contributed by atoms with Crippen LogP contribution in [0.25, 0.3) is 0 Å². The fourth-order valence-corrected chi connectivity index (χ4v) is 3.46. The first-order valence-corrected chi connectivity index (χ1v) is 9.65. The molecule has 1 atom stereocenters. The molecule has 28 heavy (non-hydrogen) atoms. The molecular weight excluding hydrogens is 354 g/mol. The molecule has 5 heteroatoms. The van der Waals surface area contributed by atoms with Crippen LogP contribution in [0.4, 0.5) is 0 Å². The summed E-state index contributed by atoms with van der Waals surface area (Å²) in [6.07, 6.45) is 4.72. The molecule has 1 aliphatic carbocycles. The number of carbonyl (C=O) groups excluding carboxylic acids is 3. The van der Waals surface area contributed by atoms with Crippen LogP contribution in [0.3, 0.4) is 0 Å². The van der Waals surface area contributed by atoms with E-state index in [0.29, 0.717) is 12.0 Å². The predicted molar refractivity (Wildman–Crippen MR) is 106 cm³/mol. The highest BCUT2D eigenvalue weighted by Gasteiger charge is 2.19. The molecule has 0 fully saturated rings. The summed E-state index contributed by atoms with van der Waals surface area (Å²) in [6, 6.07) is 14.4. The van der Waals surface area contributed by atoms with Crippen LogP contribution in [0.1, 0.15) is 46.8 Å². The number of fused-ring (bicyclic) bond motifs is 1. The van der Waals surface area contributed by atoms with Crippen LogP contribution in [0.2, 0.25) is 0 Å². The topological polar surface area (TPSA) is 72.5 Å². The molecule has 0 saturated heterocycles. The van der Waals surface area contributed by atoms with E-state index in [-0.39, 0.29) is 5.78 Å². The Labute approximate surface area is 165 Å². The lowest BCUT2D eigenvalue weighted by molar-refractivity contribution is -0.128. The Balaban J connectivity index is 1.53. The van der Waals surface area contributed by atoms with Gasteiger partial charge in [0.1, 0.15) is 0 Å². The van der Waals surface area contributed by atoms with Gasteiger partial charge in [-0.15, -0.1) is 0 Å². The van der Waals surface area contributed by atoms with Gasteiger partial charge >= 0.3 is 5.97 Å². The van der Waals surface area contributed by atoms with Crippen molar-refractivity contribution in [3.63, 3.8) is 0 Å². The summed E-state index contributed by atoms with van der Waals surface area (Å²) in [6.45, 7) is 1.03. The van der Waals surface area contributed by atoms with Crippen molar-refractivity contribution in [3.8, 4) is 0 Å². The van der Waals surface area contributed by atoms with Crippen molar-refractivity contribution in [3.05, 3.63) is 70.8 Å². The molecule has 3 rings (SSSR count). The van der Waals surface area contributed by atoms with Crippen LogP contribution in [0.5, 0.6) is 0 Å². The van der Waals surface area contributed by atoms with Crippen LogP contribution >= 0.6 is 0 Å². The summed E-state index contributed by atoms with van der Waals surface area (Å²) < 4.78 is 5.15. The number of rotatable bonds is 7. The minimum Gasteiger partial charge on any atom is -0.452 e. The van der Waals surface area contributed by atoms with Gasteiger partial charge in [0.05, 0.1) is 11.6 Å². The Bertz CT molecular complexity index is 860. The van der Waals surface area contributed by atoms with E-state index in [4.69, 9.17) is 4.74 Å². The minimum atomic E-state index is -0.641. The number of ketones is 1. The second-order valence-electron chi connectivity index (χ2n) is 7.19. The third-order valence-corrected chi connectivity index (χ3v) is 5.03. The zero-order chi connectivity index (χ0) is 19.9. The largest absolute Gasteiger partial charge is 0.452 e. The number of esters is 1. The number of carbonyl (C=O) groups is 3. The maximum absolute atomic E-state index is 12.3. The van der Waals surface area contributed by atoms with Crippen molar-refractivity contribution in [2.24, 2.45) is 0 Å². The van der Waals surface area contributed by atoms with Gasteiger partial charge < -0.3 is 10.1 Å². The molecule has 0 radical (unpaired) electrons. The second kappa shape index (κ2) is 9.31. The van der Waals surface area contributed by atoms with Crippen LogP contribution in [0.15, 0.2) is 48.5 Å². The molecule has 0 aromatic heterocycles. The van der Waals surface area contributed by atoms with Crippen molar-refractivity contribution in [1.29, 1.82) is 0 Å². The number of hydrogen-bond donors (Lipinski definition) is 1. The number of ether oxygens (including phenoxy) is 1. The second-order valence-corrected chi connectivity index (χ2v) is 7.19. The van der Waals surface area contributed by atoms with E-state index < -0.39 is 24.5 Å². The van der Waals surface area contributed by atoms with E-state index in [1.165, 1.54) is 24.5 Å². The van der Waals surface area contributed by atoms with Gasteiger partial charge in [0, 0.05) is 0 Å². The maximum Gasteiger partial charge on any atom is 0.338 e. The van der Waals surface area contributed by atoms with Crippen molar-refractivity contribution in [2.45, 2.75) is 45.1 Å². The number of Topliss-reactive ketones (excluding diaryl/α,β-unsaturated/α-hetero) is 1. The van der Waals surface area contributed by atoms with Gasteiger partial charge in [-0.25, -0.2) is 4.79 Å². The molecule has 0 saturated carbocycles. The van der Waals surface area contributed by atoms with E-state index in [2.05, 4.69) is 5.32 Å². The molecule has 0 heterocycles. The smallest absolute Gasteiger partial charge is 0.338 e. The minimum absolute atomic E-state index is 0.141. The van der Waals surface area contributed by atoms with E-state index >= 15 is 0 Å². The van der Waals surface area contributed by atoms with Gasteiger partial charge in [-0.1, -0.05) is 36.4 Å². The molecule has 0 unspecified atom stereocenters. The van der Waals surface area contributed by atoms with Crippen molar-refractivity contribution in [2.75, 3.05) is 6.61 Å². The number of amides is 1. The van der Waals surface area contributed by atoms with Gasteiger partial charge in [-0.05, 0) is 67.9 Å². The maximum atomic E-state index is 12.3. The predicted octanol–water partition coefficient (Wildman–Crippen LogP) is 3.04. The summed E-state index contributed by atoms with van der Waals surface area (Å²) >= 11 is 0. The quantitative estimate of drug-likeness (QED) is 0.751. The molecule has 2 aromatic rings. The lowest BCUT2D eigenvalue weighted by Crippen LogP contribution is -2.43. The lowest BCUT2D eigenvalue weighted by Gasteiger charge is -2.17. The summed E-state index contributed by atoms with van der Waals surface area (Å²) in [5.74, 6) is -1.15. The first-order valence-electron chi connectivity index (χ1n) is 9.65. The number of nitrogens with one attached hydrogen (secondary N) is 1. The lowest BCUT2D eigenvalue weighted by atomic mass is 9.90. The van der Waals surface area contributed by atoms with Gasteiger partial charge in [-0.2, -0.15) is 0 Å². The monoisotopic (exact) mass is 379 g/mol. The van der Waals surface area contributed by atoms with Gasteiger partial charge in [0.15, 0.2) is 12.4 Å². The Morgan fingerprint density at radius 1 is 1.00 bits per heavy atom. The molecule has 1 aliphatic rings. The fraction of sp³-hybridized carbons (Fsp3) is 0.348. The third kappa shape index (κ3) is 5.28. The van der Waals surface area contributed by atoms with Crippen LogP contribution in [0, 0.1) is 0 Å². The average Bonchev–Trinajstić information content (AvgIpc) is 2.72. The highest BCUT2D eigenvalue weighted by atomic mass is 16.5. The first-order chi connectivity index (χ1) is 13.5. The van der Waals surface area contributed by atoms with Crippen molar-refractivity contribution >= 4 is 17.7 Å². The Kier molecular flexibility index (Phi) is 6.58. The Morgan fingerprint density at radius 2 is 1.71 bits per heavy atom. The summed E-state index contributed by atoms with van der Waals surface area (Å²) in [5, 5.41) is 2.66. The molecule has 2 aromatic carbocycles. The molecule has 0 aliphatic heterocycles. The standard InChI is InChI=1S/C23H25NO4/c1-16(25)21(13-17-7-3-2-4-8-17)24-22(26)15-28-23(27)20-12-11-18-9-5-6-10-19(18)14-20/h2-4,7-8,11-12,14,21H,5-6,9-10,13,15H2,1H3,(H,24,26)/t21-/m1/s1. The summed E-state index contributed by atoms with van der Waals surface area (Å²) in [7, 11) is 0. The molecule has 1 N–H and O–H groups in total. The van der Waals surface area contributed by atoms with E-state index in [0.717, 1.165) is 24.8 Å². The Morgan fingerprint density at radius 3 is 2.43 bits per heavy atom. The number of hydrogen-bond acceptors (Lipinski definition) is 4. The van der Waals surface area contributed by atoms with Crippen molar-refractivity contribution < 1.29 is 19.1 Å². The summed E-state index contributed by atoms with van der Waals surface area (Å²) in [4.78, 5) is 36.3. The highest BCUT2D eigenvalue weighted by Crippen LogP contribution is 2.22. The van der Waals surface area contributed by atoms with Gasteiger partial charge in [0.2, 0.25) is 0 Å². The summed E-state index contributed by atoms with van der Waals surface area (Å²) in [5.41, 5.74) is 3.88. The highest BCUT2D eigenvalue weighted by molar-refractivity contribution is 5.92. The average molecular weight is 379 g/mol. The fourth-order valence-electron chi connectivity index (χ4n) is 3.46. The zero-order valence-electron chi connectivity index (χ0n) is 16.1. The molecular formula is C23H25NO4. The molecule has 0 spiro atoms. The molecule has 146 valence electrons. The van der Waals surface area contributed by atoms with Gasteiger partial charge in [0.25, 0.3) is 5.91 Å². The normalized spacial score (nSPS) is 13.9. The zero-order valence-corrected chi connectivity index (χ0v) is 16.1.